The second-order valence-corrected chi connectivity index (χ2v) is 4.36. The molecule has 2 rings (SSSR count). The second-order valence-electron chi connectivity index (χ2n) is 4.36. The summed E-state index contributed by atoms with van der Waals surface area (Å²) in [5, 5.41) is 3.05. The Morgan fingerprint density at radius 1 is 1.22 bits per heavy atom. The number of morpholine rings is 1. The zero-order valence-electron chi connectivity index (χ0n) is 10.6. The van der Waals surface area contributed by atoms with Crippen LogP contribution in [-0.2, 0) is 14.3 Å². The van der Waals surface area contributed by atoms with E-state index in [0.717, 1.165) is 0 Å². The summed E-state index contributed by atoms with van der Waals surface area (Å²) in [6, 6.07) is -0.442. The van der Waals surface area contributed by atoms with Crippen molar-refractivity contribution >= 4 is 12.0 Å². The third kappa shape index (κ3) is 2.91. The van der Waals surface area contributed by atoms with Crippen LogP contribution >= 0.6 is 0 Å². The van der Waals surface area contributed by atoms with Crippen molar-refractivity contribution < 1.29 is 19.1 Å². The molecule has 0 unspecified atom stereocenters. The molecule has 0 aliphatic carbocycles. The number of carbonyl (C=O) groups is 2. The standard InChI is InChI=1S/C11H19N3O4/c1-17-10(15)9-8-14(3-2-12-9)11(16)13-4-6-18-7-5-13/h9,12H,2-8H2,1H3/t9-/m1/s1. The van der Waals surface area contributed by atoms with Crippen LogP contribution in [0.15, 0.2) is 0 Å². The molecule has 2 saturated heterocycles. The average Bonchev–Trinajstić information content (AvgIpc) is 2.46. The number of esters is 1. The summed E-state index contributed by atoms with van der Waals surface area (Å²) in [6.45, 7) is 3.98. The van der Waals surface area contributed by atoms with Gasteiger partial charge in [0.15, 0.2) is 0 Å². The maximum absolute atomic E-state index is 12.2. The van der Waals surface area contributed by atoms with Gasteiger partial charge in [-0.2, -0.15) is 0 Å². The summed E-state index contributed by atoms with van der Waals surface area (Å²) in [7, 11) is 1.35. The molecule has 1 N–H and O–H groups in total. The molecular weight excluding hydrogens is 238 g/mol. The Kier molecular flexibility index (Phi) is 4.38. The van der Waals surface area contributed by atoms with Gasteiger partial charge in [-0.15, -0.1) is 0 Å². The molecule has 102 valence electrons. The Balaban J connectivity index is 1.91. The van der Waals surface area contributed by atoms with E-state index in [0.29, 0.717) is 45.9 Å². The van der Waals surface area contributed by atoms with Crippen LogP contribution in [0.2, 0.25) is 0 Å². The molecule has 0 radical (unpaired) electrons. The molecule has 0 spiro atoms. The van der Waals surface area contributed by atoms with Gasteiger partial charge < -0.3 is 24.6 Å². The molecule has 7 nitrogen and oxygen atoms in total. The number of hydrogen-bond acceptors (Lipinski definition) is 5. The van der Waals surface area contributed by atoms with Gasteiger partial charge in [-0.05, 0) is 0 Å². The van der Waals surface area contributed by atoms with Crippen LogP contribution in [0.4, 0.5) is 4.79 Å². The topological polar surface area (TPSA) is 71.1 Å². The third-order valence-electron chi connectivity index (χ3n) is 3.21. The van der Waals surface area contributed by atoms with Crippen molar-refractivity contribution in [2.75, 3.05) is 53.0 Å². The van der Waals surface area contributed by atoms with Gasteiger partial charge in [-0.1, -0.05) is 0 Å². The fraction of sp³-hybridized carbons (Fsp3) is 0.818. The molecule has 0 saturated carbocycles. The van der Waals surface area contributed by atoms with Gasteiger partial charge in [0, 0.05) is 32.7 Å². The lowest BCUT2D eigenvalue weighted by Crippen LogP contribution is -2.59. The van der Waals surface area contributed by atoms with Gasteiger partial charge in [0.25, 0.3) is 0 Å². The number of hydrogen-bond donors (Lipinski definition) is 1. The first-order valence-electron chi connectivity index (χ1n) is 6.15. The normalized spacial score (nSPS) is 24.8. The molecule has 2 aliphatic rings. The third-order valence-corrected chi connectivity index (χ3v) is 3.21. The molecule has 0 aromatic rings. The van der Waals surface area contributed by atoms with E-state index in [1.54, 1.807) is 9.80 Å². The number of ether oxygens (including phenoxy) is 2. The van der Waals surface area contributed by atoms with Crippen molar-refractivity contribution in [3.63, 3.8) is 0 Å². The lowest BCUT2D eigenvalue weighted by atomic mass is 10.2. The minimum absolute atomic E-state index is 0.0197. The van der Waals surface area contributed by atoms with Crippen LogP contribution in [0.25, 0.3) is 0 Å². The fourth-order valence-corrected chi connectivity index (χ4v) is 2.18. The summed E-state index contributed by atoms with van der Waals surface area (Å²) in [5.74, 6) is -0.325. The minimum atomic E-state index is -0.422. The van der Waals surface area contributed by atoms with E-state index >= 15 is 0 Å². The van der Waals surface area contributed by atoms with Gasteiger partial charge in [-0.3, -0.25) is 4.79 Å². The van der Waals surface area contributed by atoms with Crippen LogP contribution in [0.1, 0.15) is 0 Å². The Labute approximate surface area is 106 Å². The first-order valence-corrected chi connectivity index (χ1v) is 6.15. The molecule has 18 heavy (non-hydrogen) atoms. The van der Waals surface area contributed by atoms with Crippen LogP contribution in [0.5, 0.6) is 0 Å². The Hall–Kier alpha value is -1.34. The predicted octanol–water partition coefficient (Wildman–Crippen LogP) is -1.11. The van der Waals surface area contributed by atoms with Crippen molar-refractivity contribution in [2.24, 2.45) is 0 Å². The molecular formula is C11H19N3O4. The van der Waals surface area contributed by atoms with Crippen molar-refractivity contribution in [1.29, 1.82) is 0 Å². The van der Waals surface area contributed by atoms with E-state index in [4.69, 9.17) is 9.47 Å². The monoisotopic (exact) mass is 257 g/mol. The molecule has 2 fully saturated rings. The van der Waals surface area contributed by atoms with Gasteiger partial charge in [0.1, 0.15) is 6.04 Å². The van der Waals surface area contributed by atoms with Gasteiger partial charge in [0.2, 0.25) is 0 Å². The van der Waals surface area contributed by atoms with Gasteiger partial charge in [-0.25, -0.2) is 4.79 Å². The molecule has 1 atom stereocenters. The minimum Gasteiger partial charge on any atom is -0.468 e. The fourth-order valence-electron chi connectivity index (χ4n) is 2.18. The largest absolute Gasteiger partial charge is 0.468 e. The van der Waals surface area contributed by atoms with Crippen LogP contribution < -0.4 is 5.32 Å². The summed E-state index contributed by atoms with van der Waals surface area (Å²) in [5.41, 5.74) is 0. The number of urea groups is 1. The number of nitrogens with zero attached hydrogens (tertiary/aromatic N) is 2. The number of amides is 2. The van der Waals surface area contributed by atoms with Crippen LogP contribution in [0.3, 0.4) is 0 Å². The van der Waals surface area contributed by atoms with E-state index in [1.807, 2.05) is 0 Å². The van der Waals surface area contributed by atoms with Crippen molar-refractivity contribution in [3.8, 4) is 0 Å². The summed E-state index contributed by atoms with van der Waals surface area (Å²) in [4.78, 5) is 27.1. The van der Waals surface area contributed by atoms with Crippen molar-refractivity contribution in [2.45, 2.75) is 6.04 Å². The number of carbonyl (C=O) groups excluding carboxylic acids is 2. The molecule has 2 aliphatic heterocycles. The van der Waals surface area contributed by atoms with E-state index in [2.05, 4.69) is 5.32 Å². The molecule has 0 aromatic heterocycles. The summed E-state index contributed by atoms with van der Waals surface area (Å²) in [6.07, 6.45) is 0. The first-order chi connectivity index (χ1) is 8.72. The van der Waals surface area contributed by atoms with E-state index in [-0.39, 0.29) is 12.0 Å². The highest BCUT2D eigenvalue weighted by Crippen LogP contribution is 2.07. The zero-order valence-corrected chi connectivity index (χ0v) is 10.6. The highest BCUT2D eigenvalue weighted by Gasteiger charge is 2.31. The van der Waals surface area contributed by atoms with E-state index in [9.17, 15) is 9.59 Å². The highest BCUT2D eigenvalue weighted by molar-refractivity contribution is 5.79. The van der Waals surface area contributed by atoms with Crippen molar-refractivity contribution in [3.05, 3.63) is 0 Å². The van der Waals surface area contributed by atoms with E-state index in [1.165, 1.54) is 7.11 Å². The Bertz CT molecular complexity index is 317. The Morgan fingerprint density at radius 2 is 1.94 bits per heavy atom. The lowest BCUT2D eigenvalue weighted by Gasteiger charge is -2.37. The number of methoxy groups -OCH3 is 1. The molecule has 2 amide bonds. The maximum atomic E-state index is 12.2. The molecule has 2 heterocycles. The zero-order chi connectivity index (χ0) is 13.0. The molecule has 7 heteroatoms. The quantitative estimate of drug-likeness (QED) is 0.603. The van der Waals surface area contributed by atoms with Crippen LogP contribution in [-0.4, -0.2) is 80.9 Å². The maximum Gasteiger partial charge on any atom is 0.324 e. The average molecular weight is 257 g/mol. The van der Waals surface area contributed by atoms with Crippen LogP contribution in [0, 0.1) is 0 Å². The number of piperazine rings is 1. The smallest absolute Gasteiger partial charge is 0.324 e. The SMILES string of the molecule is COC(=O)[C@H]1CN(C(=O)N2CCOCC2)CCN1. The van der Waals surface area contributed by atoms with Crippen molar-refractivity contribution in [1.82, 2.24) is 15.1 Å². The lowest BCUT2D eigenvalue weighted by molar-refractivity contribution is -0.144. The van der Waals surface area contributed by atoms with Gasteiger partial charge >= 0.3 is 12.0 Å². The molecule has 0 bridgehead atoms. The number of nitrogens with one attached hydrogen (secondary N) is 1. The second kappa shape index (κ2) is 6.01. The highest BCUT2D eigenvalue weighted by atomic mass is 16.5. The predicted molar refractivity (Wildman–Crippen MR) is 63.2 cm³/mol. The van der Waals surface area contributed by atoms with E-state index < -0.39 is 6.04 Å². The first kappa shape index (κ1) is 13.1. The number of rotatable bonds is 1. The summed E-state index contributed by atoms with van der Waals surface area (Å²) >= 11 is 0. The summed E-state index contributed by atoms with van der Waals surface area (Å²) < 4.78 is 9.91. The molecule has 0 aromatic carbocycles. The Morgan fingerprint density at radius 3 is 2.61 bits per heavy atom. The van der Waals surface area contributed by atoms with Gasteiger partial charge in [0.05, 0.1) is 20.3 Å².